The number of hydrogen-bond acceptors (Lipinski definition) is 4. The van der Waals surface area contributed by atoms with E-state index in [1.165, 1.54) is 25.9 Å². The largest absolute Gasteiger partial charge is 0.396 e. The predicted molar refractivity (Wildman–Crippen MR) is 69.8 cm³/mol. The number of nitrogens with two attached hydrogens (primary N) is 1. The molecule has 2 rings (SSSR count). The van der Waals surface area contributed by atoms with Gasteiger partial charge in [0.15, 0.2) is 0 Å². The van der Waals surface area contributed by atoms with Gasteiger partial charge in [0.2, 0.25) is 0 Å². The van der Waals surface area contributed by atoms with Crippen LogP contribution < -0.4 is 11.1 Å². The lowest BCUT2D eigenvalue weighted by Crippen LogP contribution is -2.61. The highest BCUT2D eigenvalue weighted by molar-refractivity contribution is 5.09. The van der Waals surface area contributed by atoms with E-state index in [1.54, 1.807) is 0 Å². The van der Waals surface area contributed by atoms with E-state index in [4.69, 9.17) is 5.73 Å². The van der Waals surface area contributed by atoms with Crippen LogP contribution in [-0.4, -0.2) is 53.9 Å². The summed E-state index contributed by atoms with van der Waals surface area (Å²) in [6.45, 7) is 7.60. The maximum Gasteiger partial charge on any atom is 0.0475 e. The molecule has 2 aliphatic heterocycles. The minimum absolute atomic E-state index is 0.0827. The first-order chi connectivity index (χ1) is 8.13. The molecule has 0 spiro atoms. The molecule has 0 aliphatic carbocycles. The summed E-state index contributed by atoms with van der Waals surface area (Å²) < 4.78 is 0. The highest BCUT2D eigenvalue weighted by atomic mass is 16.3. The maximum atomic E-state index is 9.24. The molecule has 0 bridgehead atoms. The third kappa shape index (κ3) is 2.36. The summed E-state index contributed by atoms with van der Waals surface area (Å²) in [5.41, 5.74) is 6.15. The van der Waals surface area contributed by atoms with E-state index < -0.39 is 0 Å². The Hall–Kier alpha value is -0.160. The molecule has 4 nitrogen and oxygen atoms in total. The Bertz CT molecular complexity index is 261. The fraction of sp³-hybridized carbons (Fsp3) is 1.00. The molecular formula is C13H27N3O. The van der Waals surface area contributed by atoms with Crippen molar-refractivity contribution in [2.75, 3.05) is 26.2 Å². The van der Waals surface area contributed by atoms with Crippen molar-refractivity contribution in [3.8, 4) is 0 Å². The van der Waals surface area contributed by atoms with Gasteiger partial charge in [-0.1, -0.05) is 6.92 Å². The smallest absolute Gasteiger partial charge is 0.0475 e. The van der Waals surface area contributed by atoms with E-state index in [-0.39, 0.29) is 18.1 Å². The van der Waals surface area contributed by atoms with Crippen molar-refractivity contribution in [1.29, 1.82) is 0 Å². The molecular weight excluding hydrogens is 214 g/mol. The van der Waals surface area contributed by atoms with Crippen LogP contribution >= 0.6 is 0 Å². The molecule has 100 valence electrons. The SMILES string of the molecule is CC(CO)C(C)NC1(CN)CCN2CCCC21. The van der Waals surface area contributed by atoms with Crippen LogP contribution in [0, 0.1) is 5.92 Å². The van der Waals surface area contributed by atoms with Gasteiger partial charge in [0.05, 0.1) is 0 Å². The molecule has 4 heteroatoms. The van der Waals surface area contributed by atoms with Gasteiger partial charge in [0.25, 0.3) is 0 Å². The quantitative estimate of drug-likeness (QED) is 0.641. The summed E-state index contributed by atoms with van der Waals surface area (Å²) >= 11 is 0. The van der Waals surface area contributed by atoms with E-state index in [2.05, 4.69) is 24.1 Å². The third-order valence-corrected chi connectivity index (χ3v) is 4.87. The molecule has 0 saturated carbocycles. The Kier molecular flexibility index (Phi) is 4.08. The fourth-order valence-electron chi connectivity index (χ4n) is 3.45. The summed E-state index contributed by atoms with van der Waals surface area (Å²) in [5.74, 6) is 0.286. The Balaban J connectivity index is 2.04. The van der Waals surface area contributed by atoms with Crippen molar-refractivity contribution in [1.82, 2.24) is 10.2 Å². The number of nitrogens with one attached hydrogen (secondary N) is 1. The van der Waals surface area contributed by atoms with Gasteiger partial charge in [-0.25, -0.2) is 0 Å². The average molecular weight is 241 g/mol. The number of nitrogens with zero attached hydrogens (tertiary/aromatic N) is 1. The van der Waals surface area contributed by atoms with Crippen LogP contribution in [0.2, 0.25) is 0 Å². The zero-order chi connectivity index (χ0) is 12.5. The fourth-order valence-corrected chi connectivity index (χ4v) is 3.45. The first-order valence-electron chi connectivity index (χ1n) is 6.95. The number of fused-ring (bicyclic) bond motifs is 1. The van der Waals surface area contributed by atoms with Crippen LogP contribution in [-0.2, 0) is 0 Å². The number of rotatable bonds is 5. The highest BCUT2D eigenvalue weighted by Gasteiger charge is 2.48. The van der Waals surface area contributed by atoms with E-state index in [9.17, 15) is 5.11 Å². The van der Waals surface area contributed by atoms with E-state index >= 15 is 0 Å². The van der Waals surface area contributed by atoms with Gasteiger partial charge in [-0.3, -0.25) is 4.90 Å². The molecule has 4 N–H and O–H groups in total. The molecule has 0 radical (unpaired) electrons. The minimum Gasteiger partial charge on any atom is -0.396 e. The lowest BCUT2D eigenvalue weighted by molar-refractivity contribution is 0.160. The van der Waals surface area contributed by atoms with Crippen LogP contribution in [0.25, 0.3) is 0 Å². The maximum absolute atomic E-state index is 9.24. The van der Waals surface area contributed by atoms with Crippen LogP contribution in [0.4, 0.5) is 0 Å². The normalized spacial score (nSPS) is 37.1. The lowest BCUT2D eigenvalue weighted by atomic mass is 9.86. The summed E-state index contributed by atoms with van der Waals surface area (Å²) in [6.07, 6.45) is 3.72. The first-order valence-corrected chi connectivity index (χ1v) is 6.95. The standard InChI is InChI=1S/C13H27N3O/c1-10(8-17)11(2)15-13(9-14)5-7-16-6-3-4-12(13)16/h10-12,15,17H,3-9,14H2,1-2H3. The molecule has 2 saturated heterocycles. The molecule has 17 heavy (non-hydrogen) atoms. The minimum atomic E-state index is 0.0827. The van der Waals surface area contributed by atoms with Crippen LogP contribution in [0.15, 0.2) is 0 Å². The monoisotopic (exact) mass is 241 g/mol. The summed E-state index contributed by atoms with van der Waals surface area (Å²) in [5, 5.41) is 13.0. The van der Waals surface area contributed by atoms with Gasteiger partial charge in [-0.2, -0.15) is 0 Å². The van der Waals surface area contributed by atoms with Gasteiger partial charge in [-0.15, -0.1) is 0 Å². The van der Waals surface area contributed by atoms with Crippen LogP contribution in [0.3, 0.4) is 0 Å². The van der Waals surface area contributed by atoms with Crippen molar-refractivity contribution in [3.63, 3.8) is 0 Å². The lowest BCUT2D eigenvalue weighted by Gasteiger charge is -2.39. The molecule has 0 amide bonds. The number of hydrogen-bond donors (Lipinski definition) is 3. The third-order valence-electron chi connectivity index (χ3n) is 4.87. The second kappa shape index (κ2) is 5.22. The number of aliphatic hydroxyl groups is 1. The summed E-state index contributed by atoms with van der Waals surface area (Å²) in [4.78, 5) is 2.58. The van der Waals surface area contributed by atoms with Crippen molar-refractivity contribution in [2.45, 2.75) is 50.7 Å². The van der Waals surface area contributed by atoms with E-state index in [1.807, 2.05) is 0 Å². The Morgan fingerprint density at radius 1 is 1.47 bits per heavy atom. The summed E-state index contributed by atoms with van der Waals surface area (Å²) in [7, 11) is 0. The van der Waals surface area contributed by atoms with Crippen molar-refractivity contribution in [2.24, 2.45) is 11.7 Å². The van der Waals surface area contributed by atoms with Crippen LogP contribution in [0.1, 0.15) is 33.1 Å². The second-order valence-electron chi connectivity index (χ2n) is 5.90. The van der Waals surface area contributed by atoms with Gasteiger partial charge in [0, 0.05) is 37.3 Å². The zero-order valence-corrected chi connectivity index (χ0v) is 11.2. The molecule has 0 aromatic heterocycles. The van der Waals surface area contributed by atoms with Crippen molar-refractivity contribution in [3.05, 3.63) is 0 Å². The Labute approximate surface area is 105 Å². The van der Waals surface area contributed by atoms with E-state index in [0.717, 1.165) is 6.42 Å². The Morgan fingerprint density at radius 2 is 2.24 bits per heavy atom. The second-order valence-corrected chi connectivity index (χ2v) is 5.90. The van der Waals surface area contributed by atoms with Gasteiger partial charge in [-0.05, 0) is 38.6 Å². The van der Waals surface area contributed by atoms with Gasteiger partial charge >= 0.3 is 0 Å². The van der Waals surface area contributed by atoms with Gasteiger partial charge < -0.3 is 16.2 Å². The van der Waals surface area contributed by atoms with Crippen molar-refractivity contribution < 1.29 is 5.11 Å². The topological polar surface area (TPSA) is 61.5 Å². The molecule has 2 fully saturated rings. The molecule has 2 aliphatic rings. The average Bonchev–Trinajstić information content (AvgIpc) is 2.92. The molecule has 4 unspecified atom stereocenters. The molecule has 4 atom stereocenters. The number of aliphatic hydroxyl groups excluding tert-OH is 1. The Morgan fingerprint density at radius 3 is 2.88 bits per heavy atom. The predicted octanol–water partition coefficient (Wildman–Crippen LogP) is 0.159. The van der Waals surface area contributed by atoms with Gasteiger partial charge in [0.1, 0.15) is 0 Å². The summed E-state index contributed by atoms with van der Waals surface area (Å²) in [6, 6.07) is 0.935. The molecule has 2 heterocycles. The van der Waals surface area contributed by atoms with Crippen molar-refractivity contribution >= 4 is 0 Å². The highest BCUT2D eigenvalue weighted by Crippen LogP contribution is 2.36. The first kappa shape index (κ1) is 13.3. The molecule has 0 aromatic rings. The van der Waals surface area contributed by atoms with Crippen LogP contribution in [0.5, 0.6) is 0 Å². The van der Waals surface area contributed by atoms with E-state index in [0.29, 0.717) is 18.6 Å². The zero-order valence-electron chi connectivity index (χ0n) is 11.2. The molecule has 0 aromatic carbocycles.